The van der Waals surface area contributed by atoms with E-state index in [0.29, 0.717) is 23.9 Å². The predicted molar refractivity (Wildman–Crippen MR) is 280 cm³/mol. The van der Waals surface area contributed by atoms with Gasteiger partial charge in [0.05, 0.1) is 27.7 Å². The molecule has 0 bridgehead atoms. The smallest absolute Gasteiger partial charge is 0.462 e. The summed E-state index contributed by atoms with van der Waals surface area (Å²) in [5.74, 6) is -0.787. The molecule has 390 valence electrons. The van der Waals surface area contributed by atoms with Gasteiger partial charge in [0.25, 0.3) is 0 Å². The molecule has 0 saturated heterocycles. The number of quaternary nitrogens is 1. The maximum Gasteiger partial charge on any atom is 0.472 e. The fourth-order valence-corrected chi connectivity index (χ4v) is 8.85. The van der Waals surface area contributed by atoms with Crippen LogP contribution in [-0.4, -0.2) is 74.9 Å². The van der Waals surface area contributed by atoms with Crippen molar-refractivity contribution in [1.82, 2.24) is 0 Å². The summed E-state index contributed by atoms with van der Waals surface area (Å²) >= 11 is 0. The number of carbonyl (C=O) groups excluding carboxylic acids is 2. The largest absolute Gasteiger partial charge is 0.472 e. The molecule has 0 aliphatic carbocycles. The van der Waals surface area contributed by atoms with Crippen LogP contribution in [0.2, 0.25) is 0 Å². The third kappa shape index (κ3) is 51.9. The topological polar surface area (TPSA) is 108 Å². The quantitative estimate of drug-likeness (QED) is 0.0211. The van der Waals surface area contributed by atoms with Crippen LogP contribution < -0.4 is 0 Å². The second-order valence-corrected chi connectivity index (χ2v) is 21.8. The Balaban J connectivity index is 3.91. The summed E-state index contributed by atoms with van der Waals surface area (Å²) < 4.78 is 34.4. The number of esters is 2. The Hall–Kier alpha value is -1.51. The van der Waals surface area contributed by atoms with Gasteiger partial charge in [-0.2, -0.15) is 0 Å². The molecule has 0 radical (unpaired) electrons. The highest BCUT2D eigenvalue weighted by atomic mass is 31.2. The minimum Gasteiger partial charge on any atom is -0.462 e. The molecule has 0 amide bonds. The molecule has 0 rings (SSSR count). The van der Waals surface area contributed by atoms with E-state index in [9.17, 15) is 19.0 Å². The third-order valence-corrected chi connectivity index (χ3v) is 13.5. The Bertz CT molecular complexity index is 1170. The van der Waals surface area contributed by atoms with E-state index in [-0.39, 0.29) is 25.6 Å². The van der Waals surface area contributed by atoms with Gasteiger partial charge in [0.1, 0.15) is 19.8 Å². The van der Waals surface area contributed by atoms with E-state index in [1.807, 2.05) is 21.1 Å². The fourth-order valence-electron chi connectivity index (χ4n) is 8.11. The van der Waals surface area contributed by atoms with Crippen molar-refractivity contribution < 1.29 is 42.1 Å². The number of ether oxygens (including phenoxy) is 2. The summed E-state index contributed by atoms with van der Waals surface area (Å²) in [7, 11) is 1.49. The summed E-state index contributed by atoms with van der Waals surface area (Å²) in [5, 5.41) is 0. The highest BCUT2D eigenvalue weighted by molar-refractivity contribution is 7.47. The van der Waals surface area contributed by atoms with Crippen molar-refractivity contribution in [2.24, 2.45) is 0 Å². The lowest BCUT2D eigenvalue weighted by molar-refractivity contribution is -0.870. The van der Waals surface area contributed by atoms with Gasteiger partial charge in [-0.15, -0.1) is 0 Å². The Morgan fingerprint density at radius 2 is 0.818 bits per heavy atom. The first-order valence-corrected chi connectivity index (χ1v) is 29.6. The van der Waals surface area contributed by atoms with Crippen LogP contribution in [0.15, 0.2) is 24.3 Å². The van der Waals surface area contributed by atoms with Crippen molar-refractivity contribution in [2.75, 3.05) is 47.5 Å². The van der Waals surface area contributed by atoms with E-state index in [0.717, 1.165) is 38.5 Å². The van der Waals surface area contributed by atoms with E-state index in [1.165, 1.54) is 199 Å². The summed E-state index contributed by atoms with van der Waals surface area (Å²) in [6.07, 6.45) is 57.0. The zero-order valence-electron chi connectivity index (χ0n) is 44.2. The van der Waals surface area contributed by atoms with Crippen LogP contribution in [0.3, 0.4) is 0 Å². The maximum atomic E-state index is 12.7. The number of phosphoric acid groups is 1. The van der Waals surface area contributed by atoms with Crippen molar-refractivity contribution >= 4 is 19.8 Å². The van der Waals surface area contributed by atoms with Gasteiger partial charge >= 0.3 is 19.8 Å². The molecule has 0 aromatic carbocycles. The molecule has 0 saturated carbocycles. The van der Waals surface area contributed by atoms with Crippen molar-refractivity contribution in [3.8, 4) is 0 Å². The Kier molecular flexibility index (Phi) is 47.4. The highest BCUT2D eigenvalue weighted by Gasteiger charge is 2.27. The number of rotatable bonds is 52. The monoisotopic (exact) mass is 955 g/mol. The molecule has 66 heavy (non-hydrogen) atoms. The average molecular weight is 955 g/mol. The molecule has 0 aliphatic heterocycles. The van der Waals surface area contributed by atoms with Crippen molar-refractivity contribution in [3.05, 3.63) is 24.3 Å². The second-order valence-electron chi connectivity index (χ2n) is 20.3. The molecule has 1 N–H and O–H groups in total. The molecule has 0 aromatic rings. The van der Waals surface area contributed by atoms with Crippen LogP contribution in [0, 0.1) is 0 Å². The SMILES string of the molecule is CCCCCCC/C=C\C/C=C\CCCCCCCCCCCCCCCCCCCCCCCC(=O)OC(COC(=O)CCCCCCCCCCC)COP(=O)(O)OCC[N+](C)(C)C. The van der Waals surface area contributed by atoms with Crippen LogP contribution in [-0.2, 0) is 32.7 Å². The molecule has 0 aromatic heterocycles. The van der Waals surface area contributed by atoms with Gasteiger partial charge in [0.2, 0.25) is 0 Å². The number of allylic oxidation sites excluding steroid dienone is 4. The molecule has 0 spiro atoms. The van der Waals surface area contributed by atoms with Crippen molar-refractivity contribution in [2.45, 2.75) is 277 Å². The van der Waals surface area contributed by atoms with E-state index in [1.54, 1.807) is 0 Å². The summed E-state index contributed by atoms with van der Waals surface area (Å²) in [6, 6.07) is 0. The van der Waals surface area contributed by atoms with Crippen LogP contribution in [0.4, 0.5) is 0 Å². The van der Waals surface area contributed by atoms with Gasteiger partial charge in [0.15, 0.2) is 6.10 Å². The fraction of sp³-hybridized carbons (Fsp3) is 0.893. The second kappa shape index (κ2) is 48.5. The highest BCUT2D eigenvalue weighted by Crippen LogP contribution is 2.43. The van der Waals surface area contributed by atoms with Crippen LogP contribution in [0.5, 0.6) is 0 Å². The third-order valence-electron chi connectivity index (χ3n) is 12.5. The Labute approximate surface area is 409 Å². The first kappa shape index (κ1) is 64.5. The number of phosphoric ester groups is 1. The first-order valence-electron chi connectivity index (χ1n) is 28.1. The number of carbonyl (C=O) groups is 2. The van der Waals surface area contributed by atoms with Gasteiger partial charge in [-0.3, -0.25) is 18.6 Å². The Morgan fingerprint density at radius 1 is 0.470 bits per heavy atom. The van der Waals surface area contributed by atoms with Gasteiger partial charge in [-0.1, -0.05) is 237 Å². The molecule has 2 atom stereocenters. The lowest BCUT2D eigenvalue weighted by Gasteiger charge is -2.24. The normalized spacial score (nSPS) is 13.5. The van der Waals surface area contributed by atoms with Crippen LogP contribution in [0.1, 0.15) is 271 Å². The van der Waals surface area contributed by atoms with Gasteiger partial charge in [-0.05, 0) is 44.9 Å². The van der Waals surface area contributed by atoms with E-state index >= 15 is 0 Å². The molecular formula is C56H109NO8P+. The van der Waals surface area contributed by atoms with E-state index in [2.05, 4.69) is 38.2 Å². The lowest BCUT2D eigenvalue weighted by Crippen LogP contribution is -2.37. The zero-order chi connectivity index (χ0) is 48.5. The molecule has 0 heterocycles. The van der Waals surface area contributed by atoms with E-state index in [4.69, 9.17) is 18.5 Å². The molecule has 0 fully saturated rings. The summed E-state index contributed by atoms with van der Waals surface area (Å²) in [6.45, 7) is 4.43. The minimum absolute atomic E-state index is 0.0351. The van der Waals surface area contributed by atoms with Gasteiger partial charge < -0.3 is 18.9 Å². The first-order chi connectivity index (χ1) is 32.0. The number of hydrogen-bond acceptors (Lipinski definition) is 7. The number of likely N-dealkylation sites (N-methyl/N-ethyl adjacent to an activating group) is 1. The van der Waals surface area contributed by atoms with Crippen LogP contribution >= 0.6 is 7.82 Å². The van der Waals surface area contributed by atoms with Crippen molar-refractivity contribution in [1.29, 1.82) is 0 Å². The molecule has 0 aliphatic rings. The van der Waals surface area contributed by atoms with Crippen LogP contribution in [0.25, 0.3) is 0 Å². The van der Waals surface area contributed by atoms with Gasteiger partial charge in [0, 0.05) is 12.8 Å². The van der Waals surface area contributed by atoms with E-state index < -0.39 is 26.5 Å². The zero-order valence-corrected chi connectivity index (χ0v) is 45.1. The van der Waals surface area contributed by atoms with Gasteiger partial charge in [-0.25, -0.2) is 4.57 Å². The van der Waals surface area contributed by atoms with Crippen molar-refractivity contribution in [3.63, 3.8) is 0 Å². The minimum atomic E-state index is -4.37. The predicted octanol–water partition coefficient (Wildman–Crippen LogP) is 17.0. The molecular weight excluding hydrogens is 846 g/mol. The summed E-state index contributed by atoms with van der Waals surface area (Å²) in [4.78, 5) is 35.4. The number of hydrogen-bond donors (Lipinski definition) is 1. The lowest BCUT2D eigenvalue weighted by atomic mass is 10.0. The average Bonchev–Trinajstić information content (AvgIpc) is 3.27. The Morgan fingerprint density at radius 3 is 1.20 bits per heavy atom. The molecule has 9 nitrogen and oxygen atoms in total. The standard InChI is InChI=1S/C56H108NO8P/c1-6-8-10-12-14-16-17-18-19-20-21-22-23-24-25-26-27-28-29-30-31-32-33-34-35-36-37-38-39-41-43-45-47-49-56(59)65-54(53-64-66(60,61)63-51-50-57(3,4)5)52-62-55(58)48-46-44-42-40-15-13-11-9-7-2/h17-18,20-21,54H,6-16,19,22-53H2,1-5H3/p+1/b18-17-,21-20-. The maximum absolute atomic E-state index is 12.7. The number of nitrogens with zero attached hydrogens (tertiary/aromatic N) is 1. The molecule has 10 heteroatoms. The summed E-state index contributed by atoms with van der Waals surface area (Å²) in [5.41, 5.74) is 0. The number of unbranched alkanes of at least 4 members (excludes halogenated alkanes) is 34. The molecule has 2 unspecified atom stereocenters.